The maximum Gasteiger partial charge on any atom is 0.310 e. The minimum absolute atomic E-state index is 0.0346. The number of carbonyl (C=O) groups excluding carboxylic acids is 1. The van der Waals surface area contributed by atoms with Crippen molar-refractivity contribution in [2.24, 2.45) is 5.92 Å². The van der Waals surface area contributed by atoms with Crippen LogP contribution in [0.3, 0.4) is 0 Å². The maximum atomic E-state index is 11.5. The smallest absolute Gasteiger partial charge is 0.310 e. The van der Waals surface area contributed by atoms with Crippen LogP contribution in [0.1, 0.15) is 13.3 Å². The van der Waals surface area contributed by atoms with E-state index in [0.717, 1.165) is 22.7 Å². The van der Waals surface area contributed by atoms with Gasteiger partial charge in [0.05, 0.1) is 13.0 Å². The Bertz CT molecular complexity index is 396. The van der Waals surface area contributed by atoms with Crippen molar-refractivity contribution in [2.75, 3.05) is 18.6 Å². The first-order chi connectivity index (χ1) is 7.63. The van der Waals surface area contributed by atoms with Crippen LogP contribution in [-0.2, 0) is 9.53 Å². The SMILES string of the molecule is COC(=O)C1CCN(c2nc(Br)cs2)C1C. The number of halogens is 1. The van der Waals surface area contributed by atoms with Gasteiger partial charge in [0.2, 0.25) is 0 Å². The predicted molar refractivity (Wildman–Crippen MR) is 66.7 cm³/mol. The number of anilines is 1. The lowest BCUT2D eigenvalue weighted by molar-refractivity contribution is -0.145. The van der Waals surface area contributed by atoms with Crippen molar-refractivity contribution in [3.05, 3.63) is 9.98 Å². The lowest BCUT2D eigenvalue weighted by Gasteiger charge is -2.22. The molecular formula is C10H13BrN2O2S. The largest absolute Gasteiger partial charge is 0.469 e. The molecule has 1 fully saturated rings. The van der Waals surface area contributed by atoms with Gasteiger partial charge in [-0.2, -0.15) is 0 Å². The number of rotatable bonds is 2. The lowest BCUT2D eigenvalue weighted by Crippen LogP contribution is -2.33. The molecule has 88 valence electrons. The second-order valence-electron chi connectivity index (χ2n) is 3.81. The van der Waals surface area contributed by atoms with Crippen LogP contribution in [0.15, 0.2) is 9.98 Å². The van der Waals surface area contributed by atoms with Crippen molar-refractivity contribution in [3.8, 4) is 0 Å². The van der Waals surface area contributed by atoms with Gasteiger partial charge in [0.1, 0.15) is 4.60 Å². The lowest BCUT2D eigenvalue weighted by atomic mass is 10.0. The van der Waals surface area contributed by atoms with E-state index in [0.29, 0.717) is 0 Å². The van der Waals surface area contributed by atoms with E-state index in [2.05, 4.69) is 25.8 Å². The van der Waals surface area contributed by atoms with Crippen LogP contribution in [0.5, 0.6) is 0 Å². The summed E-state index contributed by atoms with van der Waals surface area (Å²) in [4.78, 5) is 18.1. The highest BCUT2D eigenvalue weighted by atomic mass is 79.9. The molecule has 4 nitrogen and oxygen atoms in total. The molecule has 2 atom stereocenters. The quantitative estimate of drug-likeness (QED) is 0.786. The van der Waals surface area contributed by atoms with Crippen LogP contribution in [0.25, 0.3) is 0 Å². The standard InChI is InChI=1S/C10H13BrN2O2S/c1-6-7(9(14)15-2)3-4-13(6)10-12-8(11)5-16-10/h5-7H,3-4H2,1-2H3. The van der Waals surface area contributed by atoms with Crippen LogP contribution in [0.4, 0.5) is 5.13 Å². The third-order valence-corrected chi connectivity index (χ3v) is 4.56. The van der Waals surface area contributed by atoms with E-state index in [-0.39, 0.29) is 17.9 Å². The van der Waals surface area contributed by atoms with Crippen LogP contribution >= 0.6 is 27.3 Å². The number of nitrogens with zero attached hydrogens (tertiary/aromatic N) is 2. The van der Waals surface area contributed by atoms with Crippen LogP contribution in [-0.4, -0.2) is 30.6 Å². The second-order valence-corrected chi connectivity index (χ2v) is 5.45. The molecule has 16 heavy (non-hydrogen) atoms. The average molecular weight is 305 g/mol. The van der Waals surface area contributed by atoms with E-state index >= 15 is 0 Å². The molecule has 2 rings (SSSR count). The molecule has 1 aliphatic rings. The molecule has 1 aromatic heterocycles. The van der Waals surface area contributed by atoms with Gasteiger partial charge in [-0.15, -0.1) is 11.3 Å². The van der Waals surface area contributed by atoms with E-state index in [1.165, 1.54) is 7.11 Å². The van der Waals surface area contributed by atoms with E-state index < -0.39 is 0 Å². The summed E-state index contributed by atoms with van der Waals surface area (Å²) in [6.45, 7) is 2.91. The third-order valence-electron chi connectivity index (χ3n) is 2.97. The number of hydrogen-bond acceptors (Lipinski definition) is 5. The summed E-state index contributed by atoms with van der Waals surface area (Å²) in [5.41, 5.74) is 0. The van der Waals surface area contributed by atoms with Gasteiger partial charge >= 0.3 is 5.97 Å². The maximum absolute atomic E-state index is 11.5. The fraction of sp³-hybridized carbons (Fsp3) is 0.600. The van der Waals surface area contributed by atoms with Gasteiger partial charge in [-0.25, -0.2) is 4.98 Å². The van der Waals surface area contributed by atoms with Gasteiger partial charge in [-0.05, 0) is 29.3 Å². The molecule has 0 saturated carbocycles. The fourth-order valence-corrected chi connectivity index (χ4v) is 3.42. The highest BCUT2D eigenvalue weighted by Crippen LogP contribution is 2.33. The normalized spacial score (nSPS) is 24.8. The summed E-state index contributed by atoms with van der Waals surface area (Å²) in [6, 6.07) is 0.158. The molecule has 0 N–H and O–H groups in total. The van der Waals surface area contributed by atoms with Crippen molar-refractivity contribution < 1.29 is 9.53 Å². The fourth-order valence-electron chi connectivity index (χ4n) is 2.05. The Hall–Kier alpha value is -0.620. The molecule has 1 saturated heterocycles. The first-order valence-electron chi connectivity index (χ1n) is 5.09. The van der Waals surface area contributed by atoms with E-state index in [1.54, 1.807) is 11.3 Å². The van der Waals surface area contributed by atoms with Crippen molar-refractivity contribution in [1.82, 2.24) is 4.98 Å². The molecule has 0 aliphatic carbocycles. The first kappa shape index (κ1) is 11.9. The van der Waals surface area contributed by atoms with E-state index in [1.807, 2.05) is 12.3 Å². The number of esters is 1. The highest BCUT2D eigenvalue weighted by molar-refractivity contribution is 9.10. The third kappa shape index (κ3) is 2.08. The van der Waals surface area contributed by atoms with Gasteiger partial charge in [0.25, 0.3) is 0 Å². The molecule has 2 unspecified atom stereocenters. The van der Waals surface area contributed by atoms with Gasteiger partial charge < -0.3 is 9.64 Å². The molecule has 1 aliphatic heterocycles. The average Bonchev–Trinajstić information content (AvgIpc) is 2.83. The summed E-state index contributed by atoms with van der Waals surface area (Å²) >= 11 is 4.93. The number of thiazole rings is 1. The molecule has 2 heterocycles. The summed E-state index contributed by atoms with van der Waals surface area (Å²) in [6.07, 6.45) is 0.838. The minimum atomic E-state index is -0.120. The van der Waals surface area contributed by atoms with E-state index in [9.17, 15) is 4.79 Å². The zero-order valence-corrected chi connectivity index (χ0v) is 11.5. The van der Waals surface area contributed by atoms with Gasteiger partial charge in [-0.1, -0.05) is 0 Å². The van der Waals surface area contributed by atoms with Crippen molar-refractivity contribution in [2.45, 2.75) is 19.4 Å². The number of carbonyl (C=O) groups is 1. The Morgan fingerprint density at radius 3 is 3.06 bits per heavy atom. The zero-order valence-electron chi connectivity index (χ0n) is 9.14. The molecular weight excluding hydrogens is 292 g/mol. The highest BCUT2D eigenvalue weighted by Gasteiger charge is 2.37. The number of methoxy groups -OCH3 is 1. The second kappa shape index (κ2) is 4.71. The van der Waals surface area contributed by atoms with Gasteiger partial charge in [-0.3, -0.25) is 4.79 Å². The molecule has 1 aromatic rings. The molecule has 0 radical (unpaired) electrons. The Morgan fingerprint density at radius 2 is 2.50 bits per heavy atom. The predicted octanol–water partition coefficient (Wildman–Crippen LogP) is 2.29. The van der Waals surface area contributed by atoms with Crippen molar-refractivity contribution >= 4 is 38.4 Å². The van der Waals surface area contributed by atoms with Crippen molar-refractivity contribution in [3.63, 3.8) is 0 Å². The Kier molecular flexibility index (Phi) is 3.49. The molecule has 0 bridgehead atoms. The van der Waals surface area contributed by atoms with Crippen LogP contribution in [0.2, 0.25) is 0 Å². The summed E-state index contributed by atoms with van der Waals surface area (Å²) in [5.74, 6) is -0.154. The van der Waals surface area contributed by atoms with Crippen molar-refractivity contribution in [1.29, 1.82) is 0 Å². The first-order valence-corrected chi connectivity index (χ1v) is 6.76. The zero-order chi connectivity index (χ0) is 11.7. The molecule has 0 aromatic carbocycles. The number of aromatic nitrogens is 1. The van der Waals surface area contributed by atoms with Crippen LogP contribution in [0, 0.1) is 5.92 Å². The Morgan fingerprint density at radius 1 is 1.75 bits per heavy atom. The summed E-state index contributed by atoms with van der Waals surface area (Å²) < 4.78 is 5.65. The molecule has 0 amide bonds. The molecule has 0 spiro atoms. The van der Waals surface area contributed by atoms with Gasteiger partial charge in [0.15, 0.2) is 5.13 Å². The van der Waals surface area contributed by atoms with Crippen LogP contribution < -0.4 is 4.90 Å². The topological polar surface area (TPSA) is 42.4 Å². The Labute approximate surface area is 107 Å². The minimum Gasteiger partial charge on any atom is -0.469 e. The monoisotopic (exact) mass is 304 g/mol. The summed E-state index contributed by atoms with van der Waals surface area (Å²) in [5, 5.41) is 2.92. The summed E-state index contributed by atoms with van der Waals surface area (Å²) in [7, 11) is 1.44. The van der Waals surface area contributed by atoms with Gasteiger partial charge in [0, 0.05) is 18.0 Å². The Balaban J connectivity index is 2.13. The number of hydrogen-bond donors (Lipinski definition) is 0. The number of ether oxygens (including phenoxy) is 1. The molecule has 6 heteroatoms. The van der Waals surface area contributed by atoms with E-state index in [4.69, 9.17) is 4.74 Å².